The van der Waals surface area contributed by atoms with Gasteiger partial charge in [-0.3, -0.25) is 0 Å². The molecular formula is C10H8Br2N2NiO2. The Labute approximate surface area is 118 Å². The Morgan fingerprint density at radius 3 is 1.47 bits per heavy atom. The van der Waals surface area contributed by atoms with E-state index in [-0.39, 0.29) is 11.8 Å². The van der Waals surface area contributed by atoms with E-state index in [4.69, 9.17) is 10.2 Å². The third-order valence-corrected chi connectivity index (χ3v) is 1.73. The average molecular weight is 407 g/mol. The van der Waals surface area contributed by atoms with Gasteiger partial charge in [-0.2, -0.15) is 0 Å². The zero-order valence-corrected chi connectivity index (χ0v) is 12.5. The summed E-state index contributed by atoms with van der Waals surface area (Å²) in [6.07, 6.45) is 0. The molecule has 0 fully saturated rings. The van der Waals surface area contributed by atoms with Crippen LogP contribution in [0.25, 0.3) is 11.4 Å². The molecule has 0 amide bonds. The summed E-state index contributed by atoms with van der Waals surface area (Å²) in [5.74, 6) is -0.125. The molecule has 7 heteroatoms. The minimum absolute atomic E-state index is 0.0624. The third-order valence-electron chi connectivity index (χ3n) is 1.73. The van der Waals surface area contributed by atoms with Gasteiger partial charge in [-0.05, 0) is 12.1 Å². The molecule has 0 aromatic carbocycles. The van der Waals surface area contributed by atoms with Gasteiger partial charge in [-0.25, -0.2) is 9.97 Å². The molecule has 94 valence electrons. The molecule has 17 heavy (non-hydrogen) atoms. The molecule has 0 unspecified atom stereocenters. The maximum absolute atomic E-state index is 9.14. The number of aromatic hydroxyl groups is 2. The fourth-order valence-electron chi connectivity index (χ4n) is 1.13. The van der Waals surface area contributed by atoms with Gasteiger partial charge in [0.15, 0.2) is 0 Å². The minimum atomic E-state index is -0.0624. The molecule has 0 bridgehead atoms. The van der Waals surface area contributed by atoms with Crippen LogP contribution < -0.4 is 0 Å². The van der Waals surface area contributed by atoms with E-state index in [1.807, 2.05) is 0 Å². The Hall–Kier alpha value is -0.646. The van der Waals surface area contributed by atoms with Crippen molar-refractivity contribution in [3.05, 3.63) is 36.4 Å². The molecule has 0 aliphatic carbocycles. The second-order valence-electron chi connectivity index (χ2n) is 2.81. The van der Waals surface area contributed by atoms with Crippen LogP contribution in [0.4, 0.5) is 0 Å². The Kier molecular flexibility index (Phi) is 6.47. The predicted molar refractivity (Wildman–Crippen MR) is 68.7 cm³/mol. The summed E-state index contributed by atoms with van der Waals surface area (Å²) < 4.78 is 0. The molecule has 0 aliphatic rings. The number of nitrogens with zero attached hydrogens (tertiary/aromatic N) is 2. The Balaban J connectivity index is 0.000000437. The molecule has 0 saturated carbocycles. The van der Waals surface area contributed by atoms with Gasteiger partial charge >= 0.3 is 39.3 Å². The maximum atomic E-state index is 9.14. The third kappa shape index (κ3) is 5.02. The summed E-state index contributed by atoms with van der Waals surface area (Å²) in [7, 11) is 1.25. The topological polar surface area (TPSA) is 66.2 Å². The molecule has 0 aliphatic heterocycles. The van der Waals surface area contributed by atoms with E-state index >= 15 is 0 Å². The van der Waals surface area contributed by atoms with E-state index in [0.29, 0.717) is 11.4 Å². The van der Waals surface area contributed by atoms with Crippen LogP contribution in [-0.2, 0) is 10.9 Å². The number of halogens is 2. The number of pyridine rings is 2. The summed E-state index contributed by atoms with van der Waals surface area (Å²) in [4.78, 5) is 7.73. The first kappa shape index (κ1) is 14.4. The van der Waals surface area contributed by atoms with Crippen molar-refractivity contribution in [3.8, 4) is 23.1 Å². The fraction of sp³-hybridized carbons (Fsp3) is 0. The summed E-state index contributed by atoms with van der Waals surface area (Å²) >= 11 is 6.00. The first-order chi connectivity index (χ1) is 8.17. The summed E-state index contributed by atoms with van der Waals surface area (Å²) in [6, 6.07) is 9.72. The van der Waals surface area contributed by atoms with Crippen LogP contribution in [0.1, 0.15) is 0 Å². The van der Waals surface area contributed by atoms with Gasteiger partial charge in [0.1, 0.15) is 0 Å². The molecule has 0 radical (unpaired) electrons. The SMILES string of the molecule is Oc1cccc(-c2cccc(O)n2)n1.[Br][Ni][Br]. The van der Waals surface area contributed by atoms with Gasteiger partial charge in [0.05, 0.1) is 11.4 Å². The molecule has 2 aromatic rings. The van der Waals surface area contributed by atoms with Crippen molar-refractivity contribution in [2.45, 2.75) is 0 Å². The number of hydrogen-bond acceptors (Lipinski definition) is 4. The summed E-state index contributed by atoms with van der Waals surface area (Å²) in [5, 5.41) is 18.3. The first-order valence-corrected chi connectivity index (χ1v) is 9.20. The predicted octanol–water partition coefficient (Wildman–Crippen LogP) is 3.24. The molecule has 2 heterocycles. The fourth-order valence-corrected chi connectivity index (χ4v) is 1.13. The molecule has 0 atom stereocenters. The molecule has 0 saturated heterocycles. The second-order valence-corrected chi connectivity index (χ2v) is 7.79. The van der Waals surface area contributed by atoms with E-state index in [1.54, 1.807) is 24.3 Å². The van der Waals surface area contributed by atoms with Crippen LogP contribution in [0.5, 0.6) is 11.8 Å². The first-order valence-electron chi connectivity index (χ1n) is 4.32. The van der Waals surface area contributed by atoms with Crippen molar-refractivity contribution in [2.75, 3.05) is 0 Å². The van der Waals surface area contributed by atoms with E-state index in [2.05, 4.69) is 38.4 Å². The van der Waals surface area contributed by atoms with Gasteiger partial charge in [-0.15, -0.1) is 0 Å². The van der Waals surface area contributed by atoms with Crippen molar-refractivity contribution < 1.29 is 21.1 Å². The molecule has 2 rings (SSSR count). The van der Waals surface area contributed by atoms with Gasteiger partial charge in [-0.1, -0.05) is 12.1 Å². The zero-order chi connectivity index (χ0) is 12.7. The van der Waals surface area contributed by atoms with Crippen LogP contribution >= 0.6 is 28.5 Å². The zero-order valence-electron chi connectivity index (χ0n) is 8.33. The van der Waals surface area contributed by atoms with E-state index in [1.165, 1.54) is 23.0 Å². The standard InChI is InChI=1S/C10H8N2O2.2BrH.Ni/c13-9-5-1-3-7(11-9)8-4-2-6-10(14)12-8;;;/h1-6H,(H,11,13)(H,12,14);2*1H;/q;;;+2/p-2. The molecule has 4 nitrogen and oxygen atoms in total. The van der Waals surface area contributed by atoms with Gasteiger partial charge in [0, 0.05) is 12.1 Å². The Morgan fingerprint density at radius 2 is 1.18 bits per heavy atom. The number of rotatable bonds is 1. The van der Waals surface area contributed by atoms with Crippen LogP contribution in [0.2, 0.25) is 0 Å². The van der Waals surface area contributed by atoms with Gasteiger partial charge in [0.25, 0.3) is 0 Å². The molecule has 0 spiro atoms. The van der Waals surface area contributed by atoms with Crippen LogP contribution in [-0.4, -0.2) is 20.2 Å². The van der Waals surface area contributed by atoms with Crippen LogP contribution in [0, 0.1) is 0 Å². The van der Waals surface area contributed by atoms with E-state index in [0.717, 1.165) is 0 Å². The Bertz CT molecular complexity index is 442. The van der Waals surface area contributed by atoms with E-state index < -0.39 is 0 Å². The van der Waals surface area contributed by atoms with Crippen molar-refractivity contribution in [2.24, 2.45) is 0 Å². The molecular weight excluding hydrogens is 399 g/mol. The second kappa shape index (κ2) is 7.64. The van der Waals surface area contributed by atoms with Crippen molar-refractivity contribution >= 4 is 28.5 Å². The average Bonchev–Trinajstić information content (AvgIpc) is 2.30. The van der Waals surface area contributed by atoms with Crippen molar-refractivity contribution in [3.63, 3.8) is 0 Å². The molecule has 2 N–H and O–H groups in total. The quantitative estimate of drug-likeness (QED) is 0.714. The molecule has 2 aromatic heterocycles. The normalized spacial score (nSPS) is 9.53. The van der Waals surface area contributed by atoms with Gasteiger partial charge < -0.3 is 10.2 Å². The summed E-state index contributed by atoms with van der Waals surface area (Å²) in [5.41, 5.74) is 1.06. The summed E-state index contributed by atoms with van der Waals surface area (Å²) in [6.45, 7) is 0. The van der Waals surface area contributed by atoms with Crippen molar-refractivity contribution in [1.29, 1.82) is 0 Å². The number of hydrogen-bond donors (Lipinski definition) is 2. The Morgan fingerprint density at radius 1 is 0.824 bits per heavy atom. The van der Waals surface area contributed by atoms with Gasteiger partial charge in [0.2, 0.25) is 11.8 Å². The van der Waals surface area contributed by atoms with E-state index in [9.17, 15) is 0 Å². The van der Waals surface area contributed by atoms with Crippen LogP contribution in [0.3, 0.4) is 0 Å². The van der Waals surface area contributed by atoms with Crippen LogP contribution in [0.15, 0.2) is 36.4 Å². The monoisotopic (exact) mass is 404 g/mol. The van der Waals surface area contributed by atoms with Crippen molar-refractivity contribution in [1.82, 2.24) is 9.97 Å². The number of aromatic nitrogens is 2.